The molecule has 0 spiro atoms. The van der Waals surface area contributed by atoms with Gasteiger partial charge in [0.2, 0.25) is 0 Å². The second kappa shape index (κ2) is 6.30. The Morgan fingerprint density at radius 2 is 2.24 bits per heavy atom. The zero-order chi connectivity index (χ0) is 12.8. The van der Waals surface area contributed by atoms with Gasteiger partial charge in [-0.25, -0.2) is 8.78 Å². The summed E-state index contributed by atoms with van der Waals surface area (Å²) in [5, 5.41) is 6.17. The van der Waals surface area contributed by atoms with Crippen molar-refractivity contribution in [3.8, 4) is 0 Å². The summed E-state index contributed by atoms with van der Waals surface area (Å²) in [5.74, 6) is -1.18. The van der Waals surface area contributed by atoms with Gasteiger partial charge in [0, 0.05) is 18.2 Å². The first-order chi connectivity index (χ1) is 8.04. The van der Waals surface area contributed by atoms with Gasteiger partial charge in [-0.1, -0.05) is 12.1 Å². The SMILES string of the molecule is C=CCNC(=S)N[C@@H](C)c1ccc(F)cc1F. The van der Waals surface area contributed by atoms with Crippen molar-refractivity contribution in [2.24, 2.45) is 0 Å². The Hall–Kier alpha value is -1.49. The molecule has 1 aromatic carbocycles. The number of rotatable bonds is 4. The fourth-order valence-corrected chi connectivity index (χ4v) is 1.60. The zero-order valence-corrected chi connectivity index (χ0v) is 10.3. The second-order valence-corrected chi connectivity index (χ2v) is 3.94. The van der Waals surface area contributed by atoms with Crippen LogP contribution in [-0.2, 0) is 0 Å². The zero-order valence-electron chi connectivity index (χ0n) is 9.47. The van der Waals surface area contributed by atoms with E-state index in [-0.39, 0.29) is 6.04 Å². The van der Waals surface area contributed by atoms with Crippen LogP contribution in [0.5, 0.6) is 0 Å². The summed E-state index contributed by atoms with van der Waals surface area (Å²) in [6, 6.07) is 3.14. The standard InChI is InChI=1S/C12H14F2N2S/c1-3-6-15-12(17)16-8(2)10-5-4-9(13)7-11(10)14/h3-5,7-8H,1,6H2,2H3,(H2,15,16,17)/t8-/m0/s1. The summed E-state index contributed by atoms with van der Waals surface area (Å²) in [6.07, 6.45) is 1.66. The maximum atomic E-state index is 13.4. The van der Waals surface area contributed by atoms with E-state index in [1.165, 1.54) is 12.1 Å². The molecule has 1 aromatic rings. The van der Waals surface area contributed by atoms with Crippen LogP contribution in [0.3, 0.4) is 0 Å². The third-order valence-electron chi connectivity index (χ3n) is 2.18. The fourth-order valence-electron chi connectivity index (χ4n) is 1.34. The molecular formula is C12H14F2N2S. The van der Waals surface area contributed by atoms with Crippen LogP contribution in [0.15, 0.2) is 30.9 Å². The number of thiocarbonyl (C=S) groups is 1. The van der Waals surface area contributed by atoms with Gasteiger partial charge in [0.15, 0.2) is 5.11 Å². The van der Waals surface area contributed by atoms with Crippen molar-refractivity contribution in [3.63, 3.8) is 0 Å². The van der Waals surface area contributed by atoms with Crippen molar-refractivity contribution in [1.82, 2.24) is 10.6 Å². The van der Waals surface area contributed by atoms with Crippen LogP contribution in [0.25, 0.3) is 0 Å². The molecule has 2 N–H and O–H groups in total. The predicted molar refractivity (Wildman–Crippen MR) is 68.7 cm³/mol. The van der Waals surface area contributed by atoms with Crippen molar-refractivity contribution in [1.29, 1.82) is 0 Å². The number of nitrogens with one attached hydrogen (secondary N) is 2. The highest BCUT2D eigenvalue weighted by Gasteiger charge is 2.12. The Kier molecular flexibility index (Phi) is 5.03. The summed E-state index contributed by atoms with van der Waals surface area (Å²) in [5.41, 5.74) is 0.370. The van der Waals surface area contributed by atoms with Crippen LogP contribution < -0.4 is 10.6 Å². The van der Waals surface area contributed by atoms with Gasteiger partial charge >= 0.3 is 0 Å². The third kappa shape index (κ3) is 4.11. The lowest BCUT2D eigenvalue weighted by atomic mass is 10.1. The van der Waals surface area contributed by atoms with E-state index in [4.69, 9.17) is 12.2 Å². The Bertz CT molecular complexity index is 421. The summed E-state index contributed by atoms with van der Waals surface area (Å²) in [6.45, 7) is 5.82. The monoisotopic (exact) mass is 256 g/mol. The number of halogens is 2. The molecule has 17 heavy (non-hydrogen) atoms. The lowest BCUT2D eigenvalue weighted by molar-refractivity contribution is 0.552. The largest absolute Gasteiger partial charge is 0.359 e. The van der Waals surface area contributed by atoms with E-state index in [0.29, 0.717) is 17.2 Å². The van der Waals surface area contributed by atoms with Crippen LogP contribution in [0.4, 0.5) is 8.78 Å². The Morgan fingerprint density at radius 3 is 2.82 bits per heavy atom. The predicted octanol–water partition coefficient (Wildman–Crippen LogP) is 2.68. The minimum Gasteiger partial charge on any atom is -0.359 e. The molecule has 92 valence electrons. The third-order valence-corrected chi connectivity index (χ3v) is 2.45. The molecule has 1 rings (SSSR count). The molecule has 0 saturated heterocycles. The van der Waals surface area contributed by atoms with Crippen LogP contribution in [0.1, 0.15) is 18.5 Å². The summed E-state index contributed by atoms with van der Waals surface area (Å²) >= 11 is 5.00. The molecule has 0 aliphatic carbocycles. The topological polar surface area (TPSA) is 24.1 Å². The van der Waals surface area contributed by atoms with Gasteiger partial charge in [0.05, 0.1) is 6.04 Å². The van der Waals surface area contributed by atoms with Crippen molar-refractivity contribution in [2.45, 2.75) is 13.0 Å². The molecular weight excluding hydrogens is 242 g/mol. The molecule has 0 fully saturated rings. The summed E-state index contributed by atoms with van der Waals surface area (Å²) < 4.78 is 26.2. The molecule has 0 aliphatic heterocycles. The molecule has 0 bridgehead atoms. The summed E-state index contributed by atoms with van der Waals surface area (Å²) in [7, 11) is 0. The Labute approximate surface area is 105 Å². The average Bonchev–Trinajstić information content (AvgIpc) is 2.26. The molecule has 0 amide bonds. The second-order valence-electron chi connectivity index (χ2n) is 3.53. The van der Waals surface area contributed by atoms with Crippen molar-refractivity contribution < 1.29 is 8.78 Å². The van der Waals surface area contributed by atoms with Gasteiger partial charge in [-0.15, -0.1) is 6.58 Å². The minimum atomic E-state index is -0.592. The maximum Gasteiger partial charge on any atom is 0.167 e. The van der Waals surface area contributed by atoms with E-state index < -0.39 is 11.6 Å². The van der Waals surface area contributed by atoms with Gasteiger partial charge in [0.25, 0.3) is 0 Å². The highest BCUT2D eigenvalue weighted by Crippen LogP contribution is 2.17. The van der Waals surface area contributed by atoms with Gasteiger partial charge in [-0.3, -0.25) is 0 Å². The quantitative estimate of drug-likeness (QED) is 0.640. The van der Waals surface area contributed by atoms with Crippen molar-refractivity contribution >= 4 is 17.3 Å². The fraction of sp³-hybridized carbons (Fsp3) is 0.250. The molecule has 2 nitrogen and oxygen atoms in total. The van der Waals surface area contributed by atoms with Crippen LogP contribution in [0, 0.1) is 11.6 Å². The number of hydrogen-bond donors (Lipinski definition) is 2. The number of hydrogen-bond acceptors (Lipinski definition) is 1. The Morgan fingerprint density at radius 1 is 1.53 bits per heavy atom. The van der Waals surface area contributed by atoms with Gasteiger partial charge < -0.3 is 10.6 Å². The first-order valence-electron chi connectivity index (χ1n) is 5.14. The molecule has 0 heterocycles. The molecule has 5 heteroatoms. The maximum absolute atomic E-state index is 13.4. The Balaban J connectivity index is 2.66. The molecule has 0 aromatic heterocycles. The summed E-state index contributed by atoms with van der Waals surface area (Å²) in [4.78, 5) is 0. The van der Waals surface area contributed by atoms with E-state index in [2.05, 4.69) is 17.2 Å². The number of benzene rings is 1. The van der Waals surface area contributed by atoms with E-state index in [1.807, 2.05) is 0 Å². The molecule has 0 radical (unpaired) electrons. The van der Waals surface area contributed by atoms with Gasteiger partial charge in [-0.2, -0.15) is 0 Å². The van der Waals surface area contributed by atoms with Crippen LogP contribution in [0.2, 0.25) is 0 Å². The van der Waals surface area contributed by atoms with Crippen LogP contribution in [-0.4, -0.2) is 11.7 Å². The first kappa shape index (κ1) is 13.6. The lowest BCUT2D eigenvalue weighted by Crippen LogP contribution is -2.37. The van der Waals surface area contributed by atoms with E-state index >= 15 is 0 Å². The normalized spacial score (nSPS) is 11.7. The van der Waals surface area contributed by atoms with Gasteiger partial charge in [-0.05, 0) is 25.2 Å². The average molecular weight is 256 g/mol. The highest BCUT2D eigenvalue weighted by atomic mass is 32.1. The van der Waals surface area contributed by atoms with Crippen LogP contribution >= 0.6 is 12.2 Å². The minimum absolute atomic E-state index is 0.333. The molecule has 0 saturated carbocycles. The molecule has 1 atom stereocenters. The smallest absolute Gasteiger partial charge is 0.167 e. The molecule has 0 unspecified atom stereocenters. The highest BCUT2D eigenvalue weighted by molar-refractivity contribution is 7.80. The molecule has 0 aliphatic rings. The van der Waals surface area contributed by atoms with Gasteiger partial charge in [0.1, 0.15) is 11.6 Å². The van der Waals surface area contributed by atoms with E-state index in [1.54, 1.807) is 13.0 Å². The van der Waals surface area contributed by atoms with E-state index in [0.717, 1.165) is 6.07 Å². The van der Waals surface area contributed by atoms with Crippen molar-refractivity contribution in [3.05, 3.63) is 48.1 Å². The van der Waals surface area contributed by atoms with Crippen molar-refractivity contribution in [2.75, 3.05) is 6.54 Å². The van der Waals surface area contributed by atoms with E-state index in [9.17, 15) is 8.78 Å². The first-order valence-corrected chi connectivity index (χ1v) is 5.55. The lowest BCUT2D eigenvalue weighted by Gasteiger charge is -2.17.